The number of carbonyl (C=O) groups excluding carboxylic acids is 3. The molecule has 0 saturated carbocycles. The van der Waals surface area contributed by atoms with Gasteiger partial charge in [0.1, 0.15) is 0 Å². The Labute approximate surface area is 92.4 Å². The summed E-state index contributed by atoms with van der Waals surface area (Å²) in [7, 11) is 1.14. The molecule has 0 aliphatic rings. The van der Waals surface area contributed by atoms with Crippen LogP contribution in [0.5, 0.6) is 0 Å². The molecule has 1 rings (SSSR count). The zero-order chi connectivity index (χ0) is 12.1. The quantitative estimate of drug-likeness (QED) is 0.469. The Bertz CT molecular complexity index is 422. The van der Waals surface area contributed by atoms with Gasteiger partial charge in [-0.05, 0) is 24.3 Å². The van der Waals surface area contributed by atoms with Crippen LogP contribution >= 0.6 is 0 Å². The number of carbonyl (C=O) groups is 3. The maximum atomic E-state index is 11.3. The van der Waals surface area contributed by atoms with Crippen molar-refractivity contribution in [3.63, 3.8) is 0 Å². The summed E-state index contributed by atoms with van der Waals surface area (Å²) >= 11 is 0. The fourth-order valence-electron chi connectivity index (χ4n) is 1.12. The van der Waals surface area contributed by atoms with E-state index in [-0.39, 0.29) is 11.5 Å². The number of anilines is 1. The van der Waals surface area contributed by atoms with Gasteiger partial charge in [-0.25, -0.2) is 4.79 Å². The zero-order valence-electron chi connectivity index (χ0n) is 8.94. The monoisotopic (exact) mass is 221 g/mol. The van der Waals surface area contributed by atoms with Gasteiger partial charge in [0.2, 0.25) is 5.91 Å². The Morgan fingerprint density at radius 2 is 1.69 bits per heavy atom. The Morgan fingerprint density at radius 1 is 1.12 bits per heavy atom. The summed E-state index contributed by atoms with van der Waals surface area (Å²) in [6, 6.07) is 5.98. The van der Waals surface area contributed by atoms with Crippen LogP contribution in [0.15, 0.2) is 24.3 Å². The number of amides is 1. The van der Waals surface area contributed by atoms with E-state index in [1.807, 2.05) is 0 Å². The van der Waals surface area contributed by atoms with Gasteiger partial charge in [0.15, 0.2) is 0 Å². The fourth-order valence-corrected chi connectivity index (χ4v) is 1.12. The SMILES string of the molecule is COC(=O)C(=O)c1ccc(NC(C)=O)cc1. The molecule has 0 aliphatic carbocycles. The van der Waals surface area contributed by atoms with Gasteiger partial charge in [0, 0.05) is 18.2 Å². The second-order valence-corrected chi connectivity index (χ2v) is 3.08. The second-order valence-electron chi connectivity index (χ2n) is 3.08. The van der Waals surface area contributed by atoms with Crippen LogP contribution in [-0.4, -0.2) is 24.8 Å². The van der Waals surface area contributed by atoms with Crippen LogP contribution in [0.25, 0.3) is 0 Å². The third-order valence-corrected chi connectivity index (χ3v) is 1.84. The molecule has 0 unspecified atom stereocenters. The van der Waals surface area contributed by atoms with Crippen molar-refractivity contribution in [2.75, 3.05) is 12.4 Å². The molecule has 5 nitrogen and oxygen atoms in total. The van der Waals surface area contributed by atoms with Crippen LogP contribution in [-0.2, 0) is 14.3 Å². The summed E-state index contributed by atoms with van der Waals surface area (Å²) in [4.78, 5) is 33.0. The first-order valence-electron chi connectivity index (χ1n) is 4.55. The molecule has 1 N–H and O–H groups in total. The maximum absolute atomic E-state index is 11.3. The van der Waals surface area contributed by atoms with Crippen LogP contribution in [0.4, 0.5) is 5.69 Å². The number of rotatable bonds is 3. The molecular weight excluding hydrogens is 210 g/mol. The van der Waals surface area contributed by atoms with E-state index in [4.69, 9.17) is 0 Å². The Balaban J connectivity index is 2.82. The van der Waals surface area contributed by atoms with E-state index < -0.39 is 11.8 Å². The van der Waals surface area contributed by atoms with Crippen molar-refractivity contribution < 1.29 is 19.1 Å². The van der Waals surface area contributed by atoms with Crippen molar-refractivity contribution in [1.82, 2.24) is 0 Å². The summed E-state index contributed by atoms with van der Waals surface area (Å²) in [6.07, 6.45) is 0. The van der Waals surface area contributed by atoms with Crippen molar-refractivity contribution in [1.29, 1.82) is 0 Å². The largest absolute Gasteiger partial charge is 0.463 e. The lowest BCUT2D eigenvalue weighted by molar-refractivity contribution is -0.135. The van der Waals surface area contributed by atoms with Gasteiger partial charge in [-0.2, -0.15) is 0 Å². The van der Waals surface area contributed by atoms with E-state index in [0.29, 0.717) is 5.69 Å². The van der Waals surface area contributed by atoms with Crippen LogP contribution in [0.1, 0.15) is 17.3 Å². The molecule has 1 amide bonds. The minimum Gasteiger partial charge on any atom is -0.463 e. The maximum Gasteiger partial charge on any atom is 0.379 e. The average molecular weight is 221 g/mol. The number of methoxy groups -OCH3 is 1. The first kappa shape index (κ1) is 11.9. The normalized spacial score (nSPS) is 9.38. The molecule has 16 heavy (non-hydrogen) atoms. The topological polar surface area (TPSA) is 72.5 Å². The number of Topliss-reactive ketones (excluding diaryl/α,β-unsaturated/α-hetero) is 1. The van der Waals surface area contributed by atoms with Gasteiger partial charge in [-0.1, -0.05) is 0 Å². The Kier molecular flexibility index (Phi) is 3.77. The third kappa shape index (κ3) is 2.91. The molecule has 0 radical (unpaired) electrons. The van der Waals surface area contributed by atoms with Crippen LogP contribution in [0, 0.1) is 0 Å². The summed E-state index contributed by atoms with van der Waals surface area (Å²) in [5.41, 5.74) is 0.787. The van der Waals surface area contributed by atoms with E-state index in [9.17, 15) is 14.4 Å². The third-order valence-electron chi connectivity index (χ3n) is 1.84. The van der Waals surface area contributed by atoms with Gasteiger partial charge in [0.25, 0.3) is 5.78 Å². The van der Waals surface area contributed by atoms with E-state index >= 15 is 0 Å². The number of ketones is 1. The predicted molar refractivity (Wildman–Crippen MR) is 57.1 cm³/mol. The minimum atomic E-state index is -0.910. The Hall–Kier alpha value is -2.17. The fraction of sp³-hybridized carbons (Fsp3) is 0.182. The molecule has 0 bridgehead atoms. The first-order chi connectivity index (χ1) is 7.54. The molecule has 84 valence electrons. The highest BCUT2D eigenvalue weighted by Crippen LogP contribution is 2.10. The molecule has 0 heterocycles. The smallest absolute Gasteiger partial charge is 0.379 e. The van der Waals surface area contributed by atoms with E-state index in [2.05, 4.69) is 10.1 Å². The molecule has 0 saturated heterocycles. The number of esters is 1. The van der Waals surface area contributed by atoms with Gasteiger partial charge < -0.3 is 10.1 Å². The molecular formula is C11H11NO4. The standard InChI is InChI=1S/C11H11NO4/c1-7(13)12-9-5-3-8(4-6-9)10(14)11(15)16-2/h3-6H,1-2H3,(H,12,13). The number of hydrogen-bond donors (Lipinski definition) is 1. The molecule has 5 heteroatoms. The lowest BCUT2D eigenvalue weighted by atomic mass is 10.1. The van der Waals surface area contributed by atoms with Gasteiger partial charge in [0.05, 0.1) is 7.11 Å². The lowest BCUT2D eigenvalue weighted by Gasteiger charge is -2.03. The molecule has 0 aliphatic heterocycles. The predicted octanol–water partition coefficient (Wildman–Crippen LogP) is 1.00. The first-order valence-corrected chi connectivity index (χ1v) is 4.55. The molecule has 0 fully saturated rings. The summed E-state index contributed by atoms with van der Waals surface area (Å²) in [5.74, 6) is -1.82. The van der Waals surface area contributed by atoms with Crippen molar-refractivity contribution in [3.05, 3.63) is 29.8 Å². The van der Waals surface area contributed by atoms with Crippen LogP contribution < -0.4 is 5.32 Å². The highest BCUT2D eigenvalue weighted by atomic mass is 16.5. The van der Waals surface area contributed by atoms with Gasteiger partial charge in [-0.15, -0.1) is 0 Å². The number of ether oxygens (including phenoxy) is 1. The second kappa shape index (κ2) is 5.06. The van der Waals surface area contributed by atoms with E-state index in [0.717, 1.165) is 7.11 Å². The van der Waals surface area contributed by atoms with Gasteiger partial charge >= 0.3 is 5.97 Å². The molecule has 0 atom stereocenters. The highest BCUT2D eigenvalue weighted by Gasteiger charge is 2.15. The number of benzene rings is 1. The van der Waals surface area contributed by atoms with Crippen molar-refractivity contribution in [2.45, 2.75) is 6.92 Å². The molecule has 1 aromatic rings. The van der Waals surface area contributed by atoms with Gasteiger partial charge in [-0.3, -0.25) is 9.59 Å². The minimum absolute atomic E-state index is 0.202. The lowest BCUT2D eigenvalue weighted by Crippen LogP contribution is -2.15. The number of nitrogens with one attached hydrogen (secondary N) is 1. The van der Waals surface area contributed by atoms with Crippen molar-refractivity contribution >= 4 is 23.3 Å². The zero-order valence-corrected chi connectivity index (χ0v) is 8.94. The van der Waals surface area contributed by atoms with Crippen LogP contribution in [0.2, 0.25) is 0 Å². The Morgan fingerprint density at radius 3 is 2.12 bits per heavy atom. The van der Waals surface area contributed by atoms with E-state index in [1.54, 1.807) is 0 Å². The molecule has 0 spiro atoms. The van der Waals surface area contributed by atoms with Crippen LogP contribution in [0.3, 0.4) is 0 Å². The summed E-state index contributed by atoms with van der Waals surface area (Å²) in [5, 5.41) is 2.55. The van der Waals surface area contributed by atoms with Crippen molar-refractivity contribution in [3.8, 4) is 0 Å². The van der Waals surface area contributed by atoms with E-state index in [1.165, 1.54) is 31.2 Å². The highest BCUT2D eigenvalue weighted by molar-refractivity contribution is 6.40. The van der Waals surface area contributed by atoms with Crippen molar-refractivity contribution in [2.24, 2.45) is 0 Å². The number of hydrogen-bond acceptors (Lipinski definition) is 4. The molecule has 0 aromatic heterocycles. The molecule has 1 aromatic carbocycles. The summed E-state index contributed by atoms with van der Waals surface area (Å²) < 4.78 is 4.30. The average Bonchev–Trinajstić information content (AvgIpc) is 2.27. The summed E-state index contributed by atoms with van der Waals surface area (Å²) in [6.45, 7) is 1.38.